The molecule has 0 fully saturated rings. The molecule has 3 aromatic rings. The van der Waals surface area contributed by atoms with Gasteiger partial charge < -0.3 is 9.84 Å². The molecule has 0 aliphatic rings. The molecule has 2 N–H and O–H groups in total. The Morgan fingerprint density at radius 3 is 2.81 bits per heavy atom. The van der Waals surface area contributed by atoms with Crippen LogP contribution in [0.1, 0.15) is 23.9 Å². The van der Waals surface area contributed by atoms with Gasteiger partial charge in [0.15, 0.2) is 17.3 Å². The van der Waals surface area contributed by atoms with Crippen molar-refractivity contribution in [1.29, 1.82) is 0 Å². The lowest BCUT2D eigenvalue weighted by atomic mass is 10.1. The molecular weight excluding hydrogens is 355 g/mol. The van der Waals surface area contributed by atoms with Crippen molar-refractivity contribution in [1.82, 2.24) is 14.9 Å². The number of halogens is 1. The first kappa shape index (κ1) is 17.8. The molecule has 0 radical (unpaired) electrons. The fraction of sp³-hybridized carbons (Fsp3) is 0.167. The van der Waals surface area contributed by atoms with Crippen LogP contribution < -0.4 is 4.74 Å². The van der Waals surface area contributed by atoms with Crippen LogP contribution in [0.25, 0.3) is 0 Å². The van der Waals surface area contributed by atoms with E-state index in [1.165, 1.54) is 16.8 Å². The van der Waals surface area contributed by atoms with Crippen LogP contribution in [0.4, 0.5) is 4.39 Å². The van der Waals surface area contributed by atoms with Crippen molar-refractivity contribution in [3.05, 3.63) is 70.0 Å². The van der Waals surface area contributed by atoms with E-state index in [1.54, 1.807) is 36.5 Å². The Morgan fingerprint density at radius 1 is 1.31 bits per heavy atom. The normalized spacial score (nSPS) is 11.2. The number of ether oxygens (including phenoxy) is 1. The van der Waals surface area contributed by atoms with Gasteiger partial charge in [-0.2, -0.15) is 14.9 Å². The number of H-pyrrole nitrogens is 1. The molecule has 0 saturated carbocycles. The van der Waals surface area contributed by atoms with E-state index < -0.39 is 0 Å². The molecule has 0 aliphatic carbocycles. The molecule has 0 atom stereocenters. The van der Waals surface area contributed by atoms with Gasteiger partial charge in [-0.25, -0.2) is 4.39 Å². The largest absolute Gasteiger partial charge is 0.504 e. The fourth-order valence-corrected chi connectivity index (χ4v) is 2.55. The summed E-state index contributed by atoms with van der Waals surface area (Å²) in [6, 6.07) is 11.1. The maximum Gasteiger partial charge on any atom is 0.216 e. The molecule has 26 heavy (non-hydrogen) atoms. The van der Waals surface area contributed by atoms with E-state index in [2.05, 4.69) is 15.3 Å². The first-order valence-corrected chi connectivity index (χ1v) is 8.38. The maximum absolute atomic E-state index is 13.0. The SMILES string of the molecule is CCOc1cc(/C=N/n2c(Cc3ccc(F)cc3)n[nH]c2=S)ccc1O. The highest BCUT2D eigenvalue weighted by atomic mass is 32.1. The van der Waals surface area contributed by atoms with Crippen molar-refractivity contribution in [3.63, 3.8) is 0 Å². The molecule has 1 heterocycles. The molecule has 134 valence electrons. The minimum absolute atomic E-state index is 0.0703. The topological polar surface area (TPSA) is 75.4 Å². The Labute approximate surface area is 154 Å². The molecular formula is C18H17FN4O2S. The number of phenolic OH excluding ortho intramolecular Hbond substituents is 1. The Hall–Kier alpha value is -3.00. The van der Waals surface area contributed by atoms with Crippen molar-refractivity contribution in [2.45, 2.75) is 13.3 Å². The summed E-state index contributed by atoms with van der Waals surface area (Å²) in [6.45, 7) is 2.29. The number of benzene rings is 2. The van der Waals surface area contributed by atoms with Crippen LogP contribution in [0.2, 0.25) is 0 Å². The smallest absolute Gasteiger partial charge is 0.216 e. The van der Waals surface area contributed by atoms with Gasteiger partial charge in [-0.3, -0.25) is 5.10 Å². The van der Waals surface area contributed by atoms with Crippen LogP contribution >= 0.6 is 12.2 Å². The number of nitrogens with zero attached hydrogens (tertiary/aromatic N) is 3. The molecule has 0 unspecified atom stereocenters. The quantitative estimate of drug-likeness (QED) is 0.511. The Kier molecular flexibility index (Phi) is 5.43. The second kappa shape index (κ2) is 7.92. The van der Waals surface area contributed by atoms with Gasteiger partial charge in [0.2, 0.25) is 4.77 Å². The molecule has 8 heteroatoms. The monoisotopic (exact) mass is 372 g/mol. The maximum atomic E-state index is 13.0. The number of aromatic hydroxyl groups is 1. The summed E-state index contributed by atoms with van der Waals surface area (Å²) >= 11 is 5.22. The zero-order chi connectivity index (χ0) is 18.5. The summed E-state index contributed by atoms with van der Waals surface area (Å²) in [4.78, 5) is 0. The average molecular weight is 372 g/mol. The summed E-state index contributed by atoms with van der Waals surface area (Å²) in [5.41, 5.74) is 1.63. The predicted octanol–water partition coefficient (Wildman–Crippen LogP) is 3.66. The van der Waals surface area contributed by atoms with Gasteiger partial charge in [0.25, 0.3) is 0 Å². The number of hydrogen-bond acceptors (Lipinski definition) is 5. The lowest BCUT2D eigenvalue weighted by Crippen LogP contribution is -2.01. The average Bonchev–Trinajstić information content (AvgIpc) is 2.97. The van der Waals surface area contributed by atoms with E-state index >= 15 is 0 Å². The van der Waals surface area contributed by atoms with E-state index in [9.17, 15) is 9.50 Å². The summed E-state index contributed by atoms with van der Waals surface area (Å²) < 4.78 is 20.3. The van der Waals surface area contributed by atoms with E-state index in [0.29, 0.717) is 29.4 Å². The number of rotatable bonds is 6. The number of phenols is 1. The standard InChI is InChI=1S/C18H17FN4O2S/c1-2-25-16-9-13(5-8-15(16)24)11-20-23-17(21-22-18(23)26)10-12-3-6-14(19)7-4-12/h3-9,11,24H,2,10H2,1H3,(H,22,26)/b20-11+. The predicted molar refractivity (Wildman–Crippen MR) is 98.9 cm³/mol. The van der Waals surface area contributed by atoms with Gasteiger partial charge >= 0.3 is 0 Å². The Bertz CT molecular complexity index is 980. The number of hydrogen-bond donors (Lipinski definition) is 2. The van der Waals surface area contributed by atoms with Gasteiger partial charge in [-0.1, -0.05) is 12.1 Å². The highest BCUT2D eigenvalue weighted by Gasteiger charge is 2.07. The van der Waals surface area contributed by atoms with Gasteiger partial charge in [0.1, 0.15) is 5.82 Å². The van der Waals surface area contributed by atoms with Gasteiger partial charge in [-0.05, 0) is 60.6 Å². The van der Waals surface area contributed by atoms with E-state index in [4.69, 9.17) is 17.0 Å². The second-order valence-electron chi connectivity index (χ2n) is 5.46. The molecule has 0 bridgehead atoms. The molecule has 1 aromatic heterocycles. The van der Waals surface area contributed by atoms with E-state index in [1.807, 2.05) is 6.92 Å². The first-order valence-electron chi connectivity index (χ1n) is 7.97. The third kappa shape index (κ3) is 4.15. The number of aromatic nitrogens is 3. The molecule has 2 aromatic carbocycles. The fourth-order valence-electron chi connectivity index (χ4n) is 2.35. The van der Waals surface area contributed by atoms with Crippen LogP contribution in [-0.2, 0) is 6.42 Å². The van der Waals surface area contributed by atoms with Gasteiger partial charge in [0, 0.05) is 6.42 Å². The zero-order valence-electron chi connectivity index (χ0n) is 14.0. The molecule has 0 aliphatic heterocycles. The van der Waals surface area contributed by atoms with Crippen molar-refractivity contribution >= 4 is 18.4 Å². The van der Waals surface area contributed by atoms with Crippen molar-refractivity contribution in [2.24, 2.45) is 5.10 Å². The van der Waals surface area contributed by atoms with Crippen molar-refractivity contribution in [2.75, 3.05) is 6.61 Å². The lowest BCUT2D eigenvalue weighted by molar-refractivity contribution is 0.318. The van der Waals surface area contributed by atoms with E-state index in [-0.39, 0.29) is 11.6 Å². The summed E-state index contributed by atoms with van der Waals surface area (Å²) in [7, 11) is 0. The molecule has 0 amide bonds. The second-order valence-corrected chi connectivity index (χ2v) is 5.85. The van der Waals surface area contributed by atoms with Crippen molar-refractivity contribution in [3.8, 4) is 11.5 Å². The Morgan fingerprint density at radius 2 is 2.08 bits per heavy atom. The highest BCUT2D eigenvalue weighted by molar-refractivity contribution is 7.71. The summed E-state index contributed by atoms with van der Waals surface area (Å²) in [5.74, 6) is 0.768. The van der Waals surface area contributed by atoms with Crippen LogP contribution in [0, 0.1) is 10.6 Å². The van der Waals surface area contributed by atoms with Crippen LogP contribution in [-0.4, -0.2) is 32.8 Å². The molecule has 0 spiro atoms. The highest BCUT2D eigenvalue weighted by Crippen LogP contribution is 2.26. The first-order chi connectivity index (χ1) is 12.6. The third-order valence-electron chi connectivity index (χ3n) is 3.60. The number of aromatic amines is 1. The molecule has 3 rings (SSSR count). The van der Waals surface area contributed by atoms with Crippen LogP contribution in [0.5, 0.6) is 11.5 Å². The van der Waals surface area contributed by atoms with Crippen LogP contribution in [0.15, 0.2) is 47.6 Å². The van der Waals surface area contributed by atoms with E-state index in [0.717, 1.165) is 11.1 Å². The van der Waals surface area contributed by atoms with Gasteiger partial charge in [0.05, 0.1) is 12.8 Å². The van der Waals surface area contributed by atoms with Crippen molar-refractivity contribution < 1.29 is 14.2 Å². The minimum Gasteiger partial charge on any atom is -0.504 e. The van der Waals surface area contributed by atoms with Crippen LogP contribution in [0.3, 0.4) is 0 Å². The van der Waals surface area contributed by atoms with Gasteiger partial charge in [-0.15, -0.1) is 0 Å². The Balaban J connectivity index is 1.85. The zero-order valence-corrected chi connectivity index (χ0v) is 14.8. The minimum atomic E-state index is -0.289. The molecule has 0 saturated heterocycles. The summed E-state index contributed by atoms with van der Waals surface area (Å²) in [5, 5.41) is 21.0. The number of nitrogens with one attached hydrogen (secondary N) is 1. The lowest BCUT2D eigenvalue weighted by Gasteiger charge is -2.06. The summed E-state index contributed by atoms with van der Waals surface area (Å²) in [6.07, 6.45) is 2.05. The third-order valence-corrected chi connectivity index (χ3v) is 3.86. The molecule has 6 nitrogen and oxygen atoms in total.